The van der Waals surface area contributed by atoms with Crippen LogP contribution in [0.15, 0.2) is 31.0 Å². The molecule has 0 aliphatic rings. The number of amides is 1. The maximum absolute atomic E-state index is 12.2. The van der Waals surface area contributed by atoms with Crippen molar-refractivity contribution in [2.45, 2.75) is 32.9 Å². The SMILES string of the molecule is CC(C)OCCNC(=O)C(C)n1cc(-c2ncnc3[nH]ccc23)cn1.[HH]. The fourth-order valence-corrected chi connectivity index (χ4v) is 2.51. The number of aromatic nitrogens is 5. The van der Waals surface area contributed by atoms with Gasteiger partial charge in [-0.25, -0.2) is 9.97 Å². The first-order valence-electron chi connectivity index (χ1n) is 8.28. The topological polar surface area (TPSA) is 97.7 Å². The molecule has 2 N–H and O–H groups in total. The van der Waals surface area contributed by atoms with Crippen molar-refractivity contribution >= 4 is 16.9 Å². The number of H-pyrrole nitrogens is 1. The molecule has 1 amide bonds. The van der Waals surface area contributed by atoms with Crippen molar-refractivity contribution in [3.05, 3.63) is 31.0 Å². The van der Waals surface area contributed by atoms with E-state index >= 15 is 0 Å². The molecular weight excluding hydrogens is 320 g/mol. The largest absolute Gasteiger partial charge is 0.377 e. The van der Waals surface area contributed by atoms with Crippen LogP contribution < -0.4 is 5.32 Å². The average Bonchev–Trinajstić information content (AvgIpc) is 3.26. The van der Waals surface area contributed by atoms with Gasteiger partial charge < -0.3 is 15.0 Å². The zero-order chi connectivity index (χ0) is 17.8. The smallest absolute Gasteiger partial charge is 0.244 e. The second-order valence-electron chi connectivity index (χ2n) is 6.06. The molecule has 0 aromatic carbocycles. The number of aromatic amines is 1. The predicted molar refractivity (Wildman–Crippen MR) is 96.0 cm³/mol. The first-order chi connectivity index (χ1) is 12.1. The van der Waals surface area contributed by atoms with Crippen LogP contribution in [0.4, 0.5) is 0 Å². The molecule has 3 aromatic heterocycles. The summed E-state index contributed by atoms with van der Waals surface area (Å²) in [6, 6.07) is 1.50. The quantitative estimate of drug-likeness (QED) is 0.640. The summed E-state index contributed by atoms with van der Waals surface area (Å²) in [5.74, 6) is -0.100. The second-order valence-corrected chi connectivity index (χ2v) is 6.06. The number of carbonyl (C=O) groups excluding carboxylic acids is 1. The summed E-state index contributed by atoms with van der Waals surface area (Å²) >= 11 is 0. The molecular formula is C17H24N6O2. The number of nitrogens with zero attached hydrogens (tertiary/aromatic N) is 4. The summed E-state index contributed by atoms with van der Waals surface area (Å²) in [7, 11) is 0. The van der Waals surface area contributed by atoms with Crippen molar-refractivity contribution in [3.63, 3.8) is 0 Å². The molecule has 0 radical (unpaired) electrons. The van der Waals surface area contributed by atoms with Crippen LogP contribution in [0, 0.1) is 0 Å². The van der Waals surface area contributed by atoms with Gasteiger partial charge in [-0.15, -0.1) is 0 Å². The molecule has 134 valence electrons. The fourth-order valence-electron chi connectivity index (χ4n) is 2.51. The molecule has 8 nitrogen and oxygen atoms in total. The number of carbonyl (C=O) groups is 1. The molecule has 1 atom stereocenters. The number of hydrogen-bond acceptors (Lipinski definition) is 5. The Labute approximate surface area is 147 Å². The van der Waals surface area contributed by atoms with Crippen molar-refractivity contribution in [1.29, 1.82) is 0 Å². The standard InChI is InChI=1S/C17H22N6O2.H2/c1-11(2)25-7-6-19-17(24)12(3)23-9-13(8-22-23)15-14-4-5-18-16(14)21-10-20-15;/h4-5,8-12H,6-7H2,1-3H3,(H,19,24)(H,18,20,21);1H. The lowest BCUT2D eigenvalue weighted by Gasteiger charge is -2.13. The van der Waals surface area contributed by atoms with Gasteiger partial charge in [-0.1, -0.05) is 0 Å². The van der Waals surface area contributed by atoms with Gasteiger partial charge in [0.05, 0.1) is 24.6 Å². The van der Waals surface area contributed by atoms with E-state index in [1.54, 1.807) is 17.8 Å². The van der Waals surface area contributed by atoms with Gasteiger partial charge in [0.1, 0.15) is 18.0 Å². The van der Waals surface area contributed by atoms with E-state index in [9.17, 15) is 4.79 Å². The average molecular weight is 344 g/mol. The summed E-state index contributed by atoms with van der Waals surface area (Å²) in [5.41, 5.74) is 2.40. The first kappa shape index (κ1) is 17.1. The van der Waals surface area contributed by atoms with Crippen LogP contribution in [-0.4, -0.2) is 49.9 Å². The molecule has 0 aliphatic carbocycles. The normalized spacial score (nSPS) is 12.6. The van der Waals surface area contributed by atoms with Crippen LogP contribution in [0.5, 0.6) is 0 Å². The monoisotopic (exact) mass is 344 g/mol. The Morgan fingerprint density at radius 2 is 2.24 bits per heavy atom. The number of hydrogen-bond donors (Lipinski definition) is 2. The highest BCUT2D eigenvalue weighted by atomic mass is 16.5. The van der Waals surface area contributed by atoms with E-state index in [4.69, 9.17) is 4.74 Å². The van der Waals surface area contributed by atoms with E-state index in [0.29, 0.717) is 13.2 Å². The Kier molecular flexibility index (Phi) is 5.08. The number of rotatable bonds is 7. The van der Waals surface area contributed by atoms with Crippen LogP contribution in [0.1, 0.15) is 28.2 Å². The first-order valence-corrected chi connectivity index (χ1v) is 8.28. The highest BCUT2D eigenvalue weighted by Gasteiger charge is 2.17. The zero-order valence-electron chi connectivity index (χ0n) is 14.6. The number of fused-ring (bicyclic) bond motifs is 1. The molecule has 25 heavy (non-hydrogen) atoms. The summed E-state index contributed by atoms with van der Waals surface area (Å²) < 4.78 is 7.05. The lowest BCUT2D eigenvalue weighted by atomic mass is 10.2. The minimum Gasteiger partial charge on any atom is -0.377 e. The van der Waals surface area contributed by atoms with Crippen molar-refractivity contribution in [2.75, 3.05) is 13.2 Å². The maximum atomic E-state index is 12.2. The van der Waals surface area contributed by atoms with E-state index in [1.807, 2.05) is 32.3 Å². The molecule has 0 saturated heterocycles. The van der Waals surface area contributed by atoms with Crippen LogP contribution in [0.3, 0.4) is 0 Å². The molecule has 0 fully saturated rings. The van der Waals surface area contributed by atoms with Crippen molar-refractivity contribution in [1.82, 2.24) is 30.0 Å². The minimum absolute atomic E-state index is 0. The molecule has 0 saturated carbocycles. The van der Waals surface area contributed by atoms with E-state index in [2.05, 4.69) is 25.4 Å². The molecule has 1 unspecified atom stereocenters. The van der Waals surface area contributed by atoms with Crippen LogP contribution in [-0.2, 0) is 9.53 Å². The highest BCUT2D eigenvalue weighted by molar-refractivity contribution is 5.90. The molecule has 3 aromatic rings. The Morgan fingerprint density at radius 3 is 3.04 bits per heavy atom. The van der Waals surface area contributed by atoms with Gasteiger partial charge in [-0.2, -0.15) is 5.10 Å². The lowest BCUT2D eigenvalue weighted by molar-refractivity contribution is -0.124. The molecule has 3 rings (SSSR count). The molecule has 0 bridgehead atoms. The van der Waals surface area contributed by atoms with Crippen LogP contribution >= 0.6 is 0 Å². The van der Waals surface area contributed by atoms with Gasteiger partial charge in [-0.05, 0) is 26.8 Å². The molecule has 3 heterocycles. The van der Waals surface area contributed by atoms with Gasteiger partial charge >= 0.3 is 0 Å². The van der Waals surface area contributed by atoms with E-state index in [-0.39, 0.29) is 13.4 Å². The third-order valence-corrected chi connectivity index (χ3v) is 3.86. The summed E-state index contributed by atoms with van der Waals surface area (Å²) in [4.78, 5) is 23.8. The van der Waals surface area contributed by atoms with Gasteiger partial charge in [-0.3, -0.25) is 9.48 Å². The van der Waals surface area contributed by atoms with Gasteiger partial charge in [0.2, 0.25) is 5.91 Å². The second kappa shape index (κ2) is 7.43. The van der Waals surface area contributed by atoms with Gasteiger partial charge in [0.25, 0.3) is 0 Å². The summed E-state index contributed by atoms with van der Waals surface area (Å²) in [6.07, 6.45) is 7.02. The third kappa shape index (κ3) is 3.85. The van der Waals surface area contributed by atoms with Crippen LogP contribution in [0.2, 0.25) is 0 Å². The van der Waals surface area contributed by atoms with E-state index in [0.717, 1.165) is 22.3 Å². The van der Waals surface area contributed by atoms with Gasteiger partial charge in [0.15, 0.2) is 0 Å². The number of nitrogens with one attached hydrogen (secondary N) is 2. The third-order valence-electron chi connectivity index (χ3n) is 3.86. The van der Waals surface area contributed by atoms with E-state index in [1.165, 1.54) is 6.33 Å². The van der Waals surface area contributed by atoms with Crippen LogP contribution in [0.25, 0.3) is 22.3 Å². The molecule has 8 heteroatoms. The van der Waals surface area contributed by atoms with Crippen molar-refractivity contribution < 1.29 is 11.0 Å². The fraction of sp³-hybridized carbons (Fsp3) is 0.412. The Bertz CT molecular complexity index is 860. The Hall–Kier alpha value is -2.74. The highest BCUT2D eigenvalue weighted by Crippen LogP contribution is 2.24. The van der Waals surface area contributed by atoms with Gasteiger partial charge in [0, 0.05) is 31.3 Å². The summed E-state index contributed by atoms with van der Waals surface area (Å²) in [5, 5.41) is 8.09. The predicted octanol–water partition coefficient (Wildman–Crippen LogP) is 2.17. The molecule has 0 spiro atoms. The number of ether oxygens (including phenoxy) is 1. The molecule has 0 aliphatic heterocycles. The van der Waals surface area contributed by atoms with Crippen molar-refractivity contribution in [3.8, 4) is 11.3 Å². The lowest BCUT2D eigenvalue weighted by Crippen LogP contribution is -2.33. The van der Waals surface area contributed by atoms with E-state index < -0.39 is 6.04 Å². The maximum Gasteiger partial charge on any atom is 0.244 e. The Morgan fingerprint density at radius 1 is 1.40 bits per heavy atom. The minimum atomic E-state index is -0.420. The van der Waals surface area contributed by atoms with Crippen molar-refractivity contribution in [2.24, 2.45) is 0 Å². The Balaban J connectivity index is 0.00000243. The summed E-state index contributed by atoms with van der Waals surface area (Å²) in [6.45, 7) is 6.70. The zero-order valence-corrected chi connectivity index (χ0v) is 14.6.